The van der Waals surface area contributed by atoms with Crippen LogP contribution in [0.1, 0.15) is 95.9 Å². The number of unbranched alkanes of at least 4 members (excludes halogenated alkanes) is 1. The van der Waals surface area contributed by atoms with E-state index < -0.39 is 0 Å². The van der Waals surface area contributed by atoms with Crippen LogP contribution in [0.4, 0.5) is 0 Å². The van der Waals surface area contributed by atoms with Crippen molar-refractivity contribution in [3.63, 3.8) is 0 Å². The van der Waals surface area contributed by atoms with Gasteiger partial charge in [0.05, 0.1) is 0 Å². The van der Waals surface area contributed by atoms with Crippen molar-refractivity contribution in [3.05, 3.63) is 35.4 Å². The fraction of sp³-hybridized carbons (Fsp3) is 0.727. The minimum Gasteiger partial charge on any atom is -0.154 e. The minimum atomic E-state index is 0.654. The predicted molar refractivity (Wildman–Crippen MR) is 108 cm³/mol. The summed E-state index contributed by atoms with van der Waals surface area (Å²) >= 11 is 2.11. The van der Waals surface area contributed by atoms with Crippen molar-refractivity contribution in [3.8, 4) is 0 Å². The van der Waals surface area contributed by atoms with Gasteiger partial charge in [0.1, 0.15) is 0 Å². The molecule has 0 fully saturated rings. The van der Waals surface area contributed by atoms with Crippen molar-refractivity contribution in [2.24, 2.45) is 11.8 Å². The quantitative estimate of drug-likeness (QED) is 0.397. The van der Waals surface area contributed by atoms with Gasteiger partial charge in [0, 0.05) is 5.25 Å². The van der Waals surface area contributed by atoms with Gasteiger partial charge in [-0.25, -0.2) is 0 Å². The van der Waals surface area contributed by atoms with Crippen LogP contribution in [0.15, 0.2) is 24.3 Å². The largest absolute Gasteiger partial charge is 0.154 e. The fourth-order valence-electron chi connectivity index (χ4n) is 3.47. The van der Waals surface area contributed by atoms with Crippen LogP contribution in [-0.2, 0) is 0 Å². The Bertz CT molecular complexity index is 408. The first-order valence-corrected chi connectivity index (χ1v) is 10.8. The molecule has 1 aromatic carbocycles. The Morgan fingerprint density at radius 1 is 0.783 bits per heavy atom. The Kier molecular flexibility index (Phi) is 10.0. The Balaban J connectivity index is 2.80. The molecular weight excluding hydrogens is 296 g/mol. The van der Waals surface area contributed by atoms with E-state index in [1.807, 2.05) is 0 Å². The number of benzene rings is 1. The van der Waals surface area contributed by atoms with E-state index in [2.05, 4.69) is 77.6 Å². The summed E-state index contributed by atoms with van der Waals surface area (Å²) in [5.74, 6) is 3.41. The molecule has 0 amide bonds. The van der Waals surface area contributed by atoms with Crippen LogP contribution in [0.5, 0.6) is 0 Å². The molecule has 4 unspecified atom stereocenters. The van der Waals surface area contributed by atoms with E-state index in [0.29, 0.717) is 11.2 Å². The maximum Gasteiger partial charge on any atom is 0.0322 e. The van der Waals surface area contributed by atoms with E-state index in [4.69, 9.17) is 0 Å². The summed E-state index contributed by atoms with van der Waals surface area (Å²) in [5, 5.41) is 0.654. The van der Waals surface area contributed by atoms with E-state index in [9.17, 15) is 0 Å². The van der Waals surface area contributed by atoms with Crippen molar-refractivity contribution in [2.75, 3.05) is 5.75 Å². The SMILES string of the molecule is CCCCC(C)C(C)c1ccc(C(SCC)C(C)CCC)cc1. The van der Waals surface area contributed by atoms with E-state index in [1.165, 1.54) is 49.0 Å². The Morgan fingerprint density at radius 2 is 1.39 bits per heavy atom. The van der Waals surface area contributed by atoms with Crippen molar-refractivity contribution in [1.82, 2.24) is 0 Å². The summed E-state index contributed by atoms with van der Waals surface area (Å²) in [7, 11) is 0. The molecule has 0 saturated carbocycles. The molecule has 1 rings (SSSR count). The van der Waals surface area contributed by atoms with Gasteiger partial charge in [-0.15, -0.1) is 0 Å². The monoisotopic (exact) mass is 334 g/mol. The summed E-state index contributed by atoms with van der Waals surface area (Å²) < 4.78 is 0. The molecule has 0 aliphatic heterocycles. The average Bonchev–Trinajstić information content (AvgIpc) is 2.57. The van der Waals surface area contributed by atoms with E-state index in [1.54, 1.807) is 0 Å². The van der Waals surface area contributed by atoms with E-state index in [-0.39, 0.29) is 0 Å². The highest BCUT2D eigenvalue weighted by Gasteiger charge is 2.20. The second-order valence-electron chi connectivity index (χ2n) is 7.22. The smallest absolute Gasteiger partial charge is 0.0322 e. The molecule has 1 aromatic rings. The Hall–Kier alpha value is -0.430. The number of hydrogen-bond donors (Lipinski definition) is 0. The molecule has 0 N–H and O–H groups in total. The lowest BCUT2D eigenvalue weighted by Gasteiger charge is -2.25. The third-order valence-electron chi connectivity index (χ3n) is 5.26. The van der Waals surface area contributed by atoms with Gasteiger partial charge in [0.2, 0.25) is 0 Å². The predicted octanol–water partition coefficient (Wildman–Crippen LogP) is 7.85. The lowest BCUT2D eigenvalue weighted by atomic mass is 9.85. The molecule has 132 valence electrons. The Labute approximate surface area is 149 Å². The van der Waals surface area contributed by atoms with Crippen LogP contribution >= 0.6 is 11.8 Å². The summed E-state index contributed by atoms with van der Waals surface area (Å²) in [4.78, 5) is 0. The molecule has 23 heavy (non-hydrogen) atoms. The molecule has 0 aliphatic rings. The molecule has 4 atom stereocenters. The first-order chi connectivity index (χ1) is 11.0. The zero-order valence-corrected chi connectivity index (χ0v) is 17.1. The lowest BCUT2D eigenvalue weighted by Crippen LogP contribution is -2.09. The zero-order valence-electron chi connectivity index (χ0n) is 16.3. The Morgan fingerprint density at radius 3 is 1.91 bits per heavy atom. The molecule has 0 aliphatic carbocycles. The lowest BCUT2D eigenvalue weighted by molar-refractivity contribution is 0.436. The molecule has 0 spiro atoms. The molecule has 0 bridgehead atoms. The van der Waals surface area contributed by atoms with Crippen LogP contribution in [0.3, 0.4) is 0 Å². The standard InChI is InChI=1S/C22H38S/c1-7-10-12-17(4)19(6)20-13-15-21(16-14-20)22(23-9-3)18(5)11-8-2/h13-19,22H,7-12H2,1-6H3. The first-order valence-electron chi connectivity index (χ1n) is 9.76. The fourth-order valence-corrected chi connectivity index (χ4v) is 4.64. The van der Waals surface area contributed by atoms with E-state index in [0.717, 1.165) is 11.8 Å². The highest BCUT2D eigenvalue weighted by molar-refractivity contribution is 7.99. The average molecular weight is 335 g/mol. The number of thioether (sulfide) groups is 1. The molecule has 0 heterocycles. The van der Waals surface area contributed by atoms with Crippen molar-refractivity contribution in [2.45, 2.75) is 84.8 Å². The molecule has 0 radical (unpaired) electrons. The van der Waals surface area contributed by atoms with E-state index >= 15 is 0 Å². The minimum absolute atomic E-state index is 0.654. The first kappa shape index (κ1) is 20.6. The van der Waals surface area contributed by atoms with Gasteiger partial charge in [-0.05, 0) is 41.1 Å². The van der Waals surface area contributed by atoms with Gasteiger partial charge >= 0.3 is 0 Å². The van der Waals surface area contributed by atoms with Gasteiger partial charge < -0.3 is 0 Å². The van der Waals surface area contributed by atoms with Crippen LogP contribution in [0.25, 0.3) is 0 Å². The van der Waals surface area contributed by atoms with Gasteiger partial charge in [-0.1, -0.05) is 91.5 Å². The summed E-state index contributed by atoms with van der Waals surface area (Å²) in [6.07, 6.45) is 6.62. The topological polar surface area (TPSA) is 0 Å². The van der Waals surface area contributed by atoms with Gasteiger partial charge in [0.25, 0.3) is 0 Å². The van der Waals surface area contributed by atoms with Crippen molar-refractivity contribution >= 4 is 11.8 Å². The zero-order chi connectivity index (χ0) is 17.2. The van der Waals surface area contributed by atoms with Crippen LogP contribution in [0, 0.1) is 11.8 Å². The molecule has 0 nitrogen and oxygen atoms in total. The van der Waals surface area contributed by atoms with Gasteiger partial charge in [-0.3, -0.25) is 0 Å². The third kappa shape index (κ3) is 6.53. The second-order valence-corrected chi connectivity index (χ2v) is 8.64. The molecular formula is C22H38S. The summed E-state index contributed by atoms with van der Waals surface area (Å²) in [6, 6.07) is 9.59. The van der Waals surface area contributed by atoms with Crippen LogP contribution < -0.4 is 0 Å². The molecule has 1 heteroatoms. The summed E-state index contributed by atoms with van der Waals surface area (Å²) in [5.41, 5.74) is 3.04. The van der Waals surface area contributed by atoms with Crippen LogP contribution in [-0.4, -0.2) is 5.75 Å². The second kappa shape index (κ2) is 11.2. The number of rotatable bonds is 11. The summed E-state index contributed by atoms with van der Waals surface area (Å²) in [6.45, 7) is 14.1. The van der Waals surface area contributed by atoms with Gasteiger partial charge in [-0.2, -0.15) is 11.8 Å². The normalized spacial score (nSPS) is 16.8. The van der Waals surface area contributed by atoms with Gasteiger partial charge in [0.15, 0.2) is 0 Å². The molecule has 0 aromatic heterocycles. The highest BCUT2D eigenvalue weighted by atomic mass is 32.2. The maximum absolute atomic E-state index is 2.42. The van der Waals surface area contributed by atoms with Crippen molar-refractivity contribution < 1.29 is 0 Å². The van der Waals surface area contributed by atoms with Crippen LogP contribution in [0.2, 0.25) is 0 Å². The van der Waals surface area contributed by atoms with Crippen molar-refractivity contribution in [1.29, 1.82) is 0 Å². The highest BCUT2D eigenvalue weighted by Crippen LogP contribution is 2.38. The maximum atomic E-state index is 2.42. The number of hydrogen-bond acceptors (Lipinski definition) is 1. The molecule has 0 saturated heterocycles. The third-order valence-corrected chi connectivity index (χ3v) is 6.69.